The molecular formula is C25H26ClN5O2. The Hall–Kier alpha value is -3.45. The van der Waals surface area contributed by atoms with Gasteiger partial charge in [-0.05, 0) is 48.7 Å². The zero-order valence-electron chi connectivity index (χ0n) is 18.2. The number of nitrogens with zero attached hydrogens (tertiary/aromatic N) is 3. The summed E-state index contributed by atoms with van der Waals surface area (Å²) in [4.78, 5) is 36.8. The Morgan fingerprint density at radius 1 is 1.03 bits per heavy atom. The van der Waals surface area contributed by atoms with Crippen molar-refractivity contribution in [1.29, 1.82) is 0 Å². The highest BCUT2D eigenvalue weighted by Crippen LogP contribution is 2.16. The smallest absolute Gasteiger partial charge is 0.251 e. The van der Waals surface area contributed by atoms with Gasteiger partial charge >= 0.3 is 0 Å². The zero-order chi connectivity index (χ0) is 23.0. The van der Waals surface area contributed by atoms with Crippen LogP contribution in [0.25, 0.3) is 0 Å². The van der Waals surface area contributed by atoms with Crippen LogP contribution in [0.1, 0.15) is 28.8 Å². The zero-order valence-corrected chi connectivity index (χ0v) is 18.9. The van der Waals surface area contributed by atoms with Gasteiger partial charge in [0.15, 0.2) is 0 Å². The second-order valence-corrected chi connectivity index (χ2v) is 8.50. The molecule has 2 unspecified atom stereocenters. The van der Waals surface area contributed by atoms with Gasteiger partial charge in [0, 0.05) is 48.5 Å². The molecule has 2 aromatic carbocycles. The molecule has 4 rings (SSSR count). The number of carbonyl (C=O) groups is 2. The number of aromatic nitrogens is 2. The van der Waals surface area contributed by atoms with Crippen LogP contribution in [0, 0.1) is 0 Å². The standard InChI is InChI=1S/C25H26ClN5O2/c26-20-11-9-19(10-12-20)23(32)30-22(16-18-6-2-1-3-7-18)24(33)29-21-8-4-15-31(17-21)25-27-13-5-14-28-25/h1-3,5-7,9-14,21-22H,4,8,15-17H2,(H,29,33)(H,30,32). The molecule has 1 saturated heterocycles. The minimum atomic E-state index is -0.709. The number of benzene rings is 2. The van der Waals surface area contributed by atoms with E-state index >= 15 is 0 Å². The Morgan fingerprint density at radius 3 is 2.48 bits per heavy atom. The summed E-state index contributed by atoms with van der Waals surface area (Å²) < 4.78 is 0. The number of halogens is 1. The second kappa shape index (κ2) is 10.9. The van der Waals surface area contributed by atoms with Gasteiger partial charge in [0.1, 0.15) is 6.04 Å². The Balaban J connectivity index is 1.45. The van der Waals surface area contributed by atoms with Crippen LogP contribution in [0.5, 0.6) is 0 Å². The van der Waals surface area contributed by atoms with Gasteiger partial charge in [0.2, 0.25) is 11.9 Å². The van der Waals surface area contributed by atoms with Crippen LogP contribution in [0.15, 0.2) is 73.1 Å². The number of rotatable bonds is 7. The lowest BCUT2D eigenvalue weighted by Crippen LogP contribution is -2.54. The lowest BCUT2D eigenvalue weighted by atomic mass is 10.0. The van der Waals surface area contributed by atoms with E-state index in [1.165, 1.54) is 0 Å². The number of piperidine rings is 1. The van der Waals surface area contributed by atoms with Gasteiger partial charge in [-0.1, -0.05) is 41.9 Å². The molecule has 0 saturated carbocycles. The minimum absolute atomic E-state index is 0.0548. The molecule has 0 spiro atoms. The Bertz CT molecular complexity index is 1060. The van der Waals surface area contributed by atoms with Gasteiger partial charge in [-0.3, -0.25) is 9.59 Å². The summed E-state index contributed by atoms with van der Waals surface area (Å²) in [5.74, 6) is 0.140. The number of hydrogen-bond donors (Lipinski definition) is 2. The van der Waals surface area contributed by atoms with Gasteiger partial charge < -0.3 is 15.5 Å². The van der Waals surface area contributed by atoms with Crippen LogP contribution < -0.4 is 15.5 Å². The van der Waals surface area contributed by atoms with Crippen LogP contribution in [0.3, 0.4) is 0 Å². The largest absolute Gasteiger partial charge is 0.350 e. The summed E-state index contributed by atoms with van der Waals surface area (Å²) in [5, 5.41) is 6.58. The predicted octanol–water partition coefficient (Wildman–Crippen LogP) is 3.26. The van der Waals surface area contributed by atoms with E-state index < -0.39 is 6.04 Å². The number of carbonyl (C=O) groups excluding carboxylic acids is 2. The fourth-order valence-corrected chi connectivity index (χ4v) is 4.06. The molecule has 1 fully saturated rings. The van der Waals surface area contributed by atoms with E-state index in [1.807, 2.05) is 30.3 Å². The van der Waals surface area contributed by atoms with Crippen molar-refractivity contribution in [2.75, 3.05) is 18.0 Å². The van der Waals surface area contributed by atoms with E-state index in [0.29, 0.717) is 29.5 Å². The van der Waals surface area contributed by atoms with Crippen molar-refractivity contribution in [3.8, 4) is 0 Å². The molecule has 33 heavy (non-hydrogen) atoms. The summed E-state index contributed by atoms with van der Waals surface area (Å²) in [6.45, 7) is 1.47. The lowest BCUT2D eigenvalue weighted by molar-refractivity contribution is -0.123. The highest BCUT2D eigenvalue weighted by Gasteiger charge is 2.27. The molecule has 1 aromatic heterocycles. The fourth-order valence-electron chi connectivity index (χ4n) is 3.93. The van der Waals surface area contributed by atoms with Crippen molar-refractivity contribution in [2.45, 2.75) is 31.3 Å². The van der Waals surface area contributed by atoms with E-state index in [-0.39, 0.29) is 17.9 Å². The van der Waals surface area contributed by atoms with Crippen LogP contribution in [-0.2, 0) is 11.2 Å². The summed E-state index contributed by atoms with van der Waals surface area (Å²) in [6.07, 6.45) is 5.60. The molecule has 8 heteroatoms. The number of hydrogen-bond acceptors (Lipinski definition) is 5. The molecule has 2 atom stereocenters. The lowest BCUT2D eigenvalue weighted by Gasteiger charge is -2.34. The van der Waals surface area contributed by atoms with E-state index in [2.05, 4.69) is 25.5 Å². The van der Waals surface area contributed by atoms with Gasteiger partial charge in [-0.2, -0.15) is 0 Å². The topological polar surface area (TPSA) is 87.2 Å². The maximum atomic E-state index is 13.3. The Kier molecular flexibility index (Phi) is 7.52. The number of amides is 2. The first-order valence-electron chi connectivity index (χ1n) is 11.0. The highest BCUT2D eigenvalue weighted by molar-refractivity contribution is 6.30. The molecule has 170 valence electrons. The van der Waals surface area contributed by atoms with Crippen molar-refractivity contribution >= 4 is 29.4 Å². The molecule has 0 bridgehead atoms. The molecule has 1 aliphatic heterocycles. The first-order chi connectivity index (χ1) is 16.1. The predicted molar refractivity (Wildman–Crippen MR) is 128 cm³/mol. The van der Waals surface area contributed by atoms with Gasteiger partial charge in [0.05, 0.1) is 0 Å². The fraction of sp³-hybridized carbons (Fsp3) is 0.280. The Morgan fingerprint density at radius 2 is 1.76 bits per heavy atom. The normalized spacial score (nSPS) is 16.6. The molecule has 2 N–H and O–H groups in total. The van der Waals surface area contributed by atoms with E-state index in [9.17, 15) is 9.59 Å². The maximum Gasteiger partial charge on any atom is 0.251 e. The average molecular weight is 464 g/mol. The molecule has 2 heterocycles. The van der Waals surface area contributed by atoms with Crippen molar-refractivity contribution in [3.05, 3.63) is 89.2 Å². The molecule has 0 aliphatic carbocycles. The van der Waals surface area contributed by atoms with Crippen molar-refractivity contribution in [2.24, 2.45) is 0 Å². The van der Waals surface area contributed by atoms with E-state index in [1.54, 1.807) is 42.7 Å². The monoisotopic (exact) mass is 463 g/mol. The average Bonchev–Trinajstić information content (AvgIpc) is 2.85. The maximum absolute atomic E-state index is 13.3. The summed E-state index contributed by atoms with van der Waals surface area (Å²) >= 11 is 5.94. The number of nitrogens with one attached hydrogen (secondary N) is 2. The third-order valence-electron chi connectivity index (χ3n) is 5.61. The summed E-state index contributed by atoms with van der Waals surface area (Å²) in [7, 11) is 0. The molecule has 1 aliphatic rings. The van der Waals surface area contributed by atoms with Crippen molar-refractivity contribution in [1.82, 2.24) is 20.6 Å². The Labute approximate surface area is 198 Å². The minimum Gasteiger partial charge on any atom is -0.350 e. The quantitative estimate of drug-likeness (QED) is 0.561. The molecule has 3 aromatic rings. The van der Waals surface area contributed by atoms with Crippen molar-refractivity contribution < 1.29 is 9.59 Å². The highest BCUT2D eigenvalue weighted by atomic mass is 35.5. The summed E-state index contributed by atoms with van der Waals surface area (Å²) in [5.41, 5.74) is 1.42. The van der Waals surface area contributed by atoms with E-state index in [0.717, 1.165) is 24.9 Å². The van der Waals surface area contributed by atoms with E-state index in [4.69, 9.17) is 11.6 Å². The first kappa shape index (κ1) is 22.7. The third kappa shape index (κ3) is 6.29. The molecular weight excluding hydrogens is 438 g/mol. The van der Waals surface area contributed by atoms with Gasteiger partial charge in [-0.25, -0.2) is 9.97 Å². The molecule has 2 amide bonds. The van der Waals surface area contributed by atoms with Crippen LogP contribution in [0.2, 0.25) is 5.02 Å². The van der Waals surface area contributed by atoms with Crippen LogP contribution in [0.4, 0.5) is 5.95 Å². The molecule has 7 nitrogen and oxygen atoms in total. The SMILES string of the molecule is O=C(NC(Cc1ccccc1)C(=O)NC1CCCN(c2ncccn2)C1)c1ccc(Cl)cc1. The first-order valence-corrected chi connectivity index (χ1v) is 11.4. The van der Waals surface area contributed by atoms with Crippen LogP contribution in [-0.4, -0.2) is 47.0 Å². The number of anilines is 1. The van der Waals surface area contributed by atoms with Crippen molar-refractivity contribution in [3.63, 3.8) is 0 Å². The third-order valence-corrected chi connectivity index (χ3v) is 5.87. The molecule has 0 radical (unpaired) electrons. The van der Waals surface area contributed by atoms with Gasteiger partial charge in [-0.15, -0.1) is 0 Å². The summed E-state index contributed by atoms with van der Waals surface area (Å²) in [6, 6.07) is 17.3. The van der Waals surface area contributed by atoms with Gasteiger partial charge in [0.25, 0.3) is 5.91 Å². The van der Waals surface area contributed by atoms with Crippen LogP contribution >= 0.6 is 11.6 Å². The second-order valence-electron chi connectivity index (χ2n) is 8.07.